The number of pyridine rings is 1. The molecular formula is C19H18F3N7O3. The van der Waals surface area contributed by atoms with E-state index in [0.717, 1.165) is 17.7 Å². The summed E-state index contributed by atoms with van der Waals surface area (Å²) in [6.07, 6.45) is 0.299. The maximum atomic E-state index is 12.7. The van der Waals surface area contributed by atoms with Crippen molar-refractivity contribution in [3.05, 3.63) is 76.2 Å². The van der Waals surface area contributed by atoms with Gasteiger partial charge >= 0.3 is 12.2 Å². The predicted octanol–water partition coefficient (Wildman–Crippen LogP) is 3.11. The number of urea groups is 1. The zero-order chi connectivity index (χ0) is 23.1. The van der Waals surface area contributed by atoms with E-state index in [1.807, 2.05) is 0 Å². The number of nitro groups is 1. The normalized spacial score (nSPS) is 11.1. The van der Waals surface area contributed by atoms with Crippen molar-refractivity contribution in [1.29, 1.82) is 0 Å². The second kappa shape index (κ2) is 9.76. The van der Waals surface area contributed by atoms with Gasteiger partial charge in [0.2, 0.25) is 0 Å². The third-order valence-corrected chi connectivity index (χ3v) is 4.25. The maximum absolute atomic E-state index is 12.7. The monoisotopic (exact) mass is 449 g/mol. The van der Waals surface area contributed by atoms with Crippen molar-refractivity contribution in [2.75, 3.05) is 18.4 Å². The molecule has 0 aliphatic rings. The lowest BCUT2D eigenvalue weighted by atomic mass is 10.1. The lowest BCUT2D eigenvalue weighted by Crippen LogP contribution is -2.37. The number of amides is 2. The molecule has 0 aliphatic heterocycles. The number of nitrogens with zero attached hydrogens (tertiary/aromatic N) is 4. The zero-order valence-corrected chi connectivity index (χ0v) is 16.5. The smallest absolute Gasteiger partial charge is 0.378 e. The van der Waals surface area contributed by atoms with Gasteiger partial charge in [-0.15, -0.1) is 0 Å². The van der Waals surface area contributed by atoms with Crippen molar-refractivity contribution in [3.63, 3.8) is 0 Å². The Labute approximate surface area is 179 Å². The van der Waals surface area contributed by atoms with E-state index in [4.69, 9.17) is 0 Å². The molecule has 3 N–H and O–H groups in total. The number of aromatic nitrogens is 3. The van der Waals surface area contributed by atoms with E-state index in [9.17, 15) is 28.1 Å². The van der Waals surface area contributed by atoms with Crippen molar-refractivity contribution in [2.24, 2.45) is 0 Å². The Bertz CT molecular complexity index is 1070. The van der Waals surface area contributed by atoms with E-state index >= 15 is 0 Å². The Hall–Kier alpha value is -4.16. The largest absolute Gasteiger partial charge is 0.416 e. The fourth-order valence-corrected chi connectivity index (χ4v) is 2.69. The molecule has 0 aliphatic carbocycles. The molecule has 0 saturated carbocycles. The maximum Gasteiger partial charge on any atom is 0.416 e. The van der Waals surface area contributed by atoms with Gasteiger partial charge in [0.25, 0.3) is 5.69 Å². The van der Waals surface area contributed by atoms with Crippen LogP contribution in [-0.2, 0) is 12.7 Å². The van der Waals surface area contributed by atoms with Gasteiger partial charge < -0.3 is 16.0 Å². The van der Waals surface area contributed by atoms with Gasteiger partial charge in [-0.2, -0.15) is 18.3 Å². The number of alkyl halides is 3. The number of carbonyl (C=O) groups excluding carboxylic acids is 1. The van der Waals surface area contributed by atoms with Gasteiger partial charge in [-0.25, -0.2) is 14.5 Å². The van der Waals surface area contributed by atoms with Crippen LogP contribution in [0.1, 0.15) is 11.1 Å². The van der Waals surface area contributed by atoms with Crippen LogP contribution in [0, 0.1) is 10.1 Å². The van der Waals surface area contributed by atoms with Crippen LogP contribution >= 0.6 is 0 Å². The van der Waals surface area contributed by atoms with Crippen molar-refractivity contribution < 1.29 is 22.9 Å². The molecule has 13 heteroatoms. The molecule has 2 heterocycles. The fourth-order valence-electron chi connectivity index (χ4n) is 2.69. The first-order chi connectivity index (χ1) is 15.2. The molecule has 0 saturated heterocycles. The third kappa shape index (κ3) is 5.93. The molecule has 1 aromatic carbocycles. The lowest BCUT2D eigenvalue weighted by Gasteiger charge is -2.11. The fraction of sp³-hybridized carbons (Fsp3) is 0.211. The third-order valence-electron chi connectivity index (χ3n) is 4.25. The number of carbonyl (C=O) groups is 1. The Morgan fingerprint density at radius 1 is 1.16 bits per heavy atom. The van der Waals surface area contributed by atoms with Gasteiger partial charge in [0.15, 0.2) is 5.82 Å². The van der Waals surface area contributed by atoms with Gasteiger partial charge in [0.05, 0.1) is 10.5 Å². The second-order valence-electron chi connectivity index (χ2n) is 6.50. The van der Waals surface area contributed by atoms with Crippen molar-refractivity contribution in [1.82, 2.24) is 25.4 Å². The topological polar surface area (TPSA) is 127 Å². The first-order valence-electron chi connectivity index (χ1n) is 9.30. The highest BCUT2D eigenvalue weighted by Gasteiger charge is 2.33. The summed E-state index contributed by atoms with van der Waals surface area (Å²) in [7, 11) is 0. The van der Waals surface area contributed by atoms with Crippen molar-refractivity contribution >= 4 is 17.4 Å². The minimum Gasteiger partial charge on any atom is -0.378 e. The summed E-state index contributed by atoms with van der Waals surface area (Å²) in [6, 6.07) is 7.03. The first-order valence-corrected chi connectivity index (χ1v) is 9.30. The minimum atomic E-state index is -4.68. The lowest BCUT2D eigenvalue weighted by molar-refractivity contribution is -0.384. The molecule has 0 radical (unpaired) electrons. The van der Waals surface area contributed by atoms with Crippen LogP contribution in [0.4, 0.5) is 29.3 Å². The van der Waals surface area contributed by atoms with Gasteiger partial charge in [-0.3, -0.25) is 10.1 Å². The molecule has 0 spiro atoms. The highest BCUT2D eigenvalue weighted by molar-refractivity contribution is 5.73. The van der Waals surface area contributed by atoms with E-state index < -0.39 is 28.4 Å². The van der Waals surface area contributed by atoms with Crippen LogP contribution in [0.25, 0.3) is 5.82 Å². The van der Waals surface area contributed by atoms with Gasteiger partial charge in [-0.1, -0.05) is 6.07 Å². The average Bonchev–Trinajstić information content (AvgIpc) is 3.30. The molecule has 2 aromatic heterocycles. The second-order valence-corrected chi connectivity index (χ2v) is 6.50. The SMILES string of the molecule is O=C(NCCNc1ccc(C(F)(F)F)cc1[N+](=O)[O-])NCc1ccc(-n2cccn2)nc1. The number of hydrogen-bond acceptors (Lipinski definition) is 6. The average molecular weight is 449 g/mol. The summed E-state index contributed by atoms with van der Waals surface area (Å²) in [6.45, 7) is 0.371. The Balaban J connectivity index is 1.44. The number of hydrogen-bond donors (Lipinski definition) is 3. The van der Waals surface area contributed by atoms with Crippen LogP contribution in [0.5, 0.6) is 0 Å². The highest BCUT2D eigenvalue weighted by atomic mass is 19.4. The molecule has 3 aromatic rings. The number of benzene rings is 1. The van der Waals surface area contributed by atoms with Crippen LogP contribution in [0.2, 0.25) is 0 Å². The van der Waals surface area contributed by atoms with E-state index in [0.29, 0.717) is 11.9 Å². The molecule has 0 atom stereocenters. The molecular weight excluding hydrogens is 431 g/mol. The number of halogens is 3. The quantitative estimate of drug-likeness (QED) is 0.276. The molecule has 10 nitrogen and oxygen atoms in total. The molecule has 3 rings (SSSR count). The number of nitro benzene ring substituents is 1. The van der Waals surface area contributed by atoms with Crippen molar-refractivity contribution in [3.8, 4) is 5.82 Å². The van der Waals surface area contributed by atoms with Crippen LogP contribution in [-0.4, -0.2) is 38.8 Å². The molecule has 0 unspecified atom stereocenters. The molecule has 2 amide bonds. The van der Waals surface area contributed by atoms with Crippen LogP contribution in [0.3, 0.4) is 0 Å². The predicted molar refractivity (Wildman–Crippen MR) is 108 cm³/mol. The van der Waals surface area contributed by atoms with E-state index in [-0.39, 0.29) is 25.3 Å². The Morgan fingerprint density at radius 2 is 1.97 bits per heavy atom. The summed E-state index contributed by atoms with van der Waals surface area (Å²) in [5.74, 6) is 0.631. The minimum absolute atomic E-state index is 0.0692. The Kier molecular flexibility index (Phi) is 6.87. The van der Waals surface area contributed by atoms with Gasteiger partial charge in [-0.05, 0) is 29.8 Å². The summed E-state index contributed by atoms with van der Waals surface area (Å²) in [5.41, 5.74) is -1.13. The van der Waals surface area contributed by atoms with E-state index in [1.165, 1.54) is 0 Å². The molecule has 168 valence electrons. The number of anilines is 1. The van der Waals surface area contributed by atoms with E-state index in [1.54, 1.807) is 41.5 Å². The van der Waals surface area contributed by atoms with Gasteiger partial charge in [0.1, 0.15) is 5.69 Å². The zero-order valence-electron chi connectivity index (χ0n) is 16.5. The van der Waals surface area contributed by atoms with Crippen molar-refractivity contribution in [2.45, 2.75) is 12.7 Å². The molecule has 0 bridgehead atoms. The summed E-state index contributed by atoms with van der Waals surface area (Å²) >= 11 is 0. The van der Waals surface area contributed by atoms with Gasteiger partial charge in [0, 0.05) is 44.3 Å². The highest BCUT2D eigenvalue weighted by Crippen LogP contribution is 2.34. The standard InChI is InChI=1S/C19H18F3N7O3/c20-19(21,22)14-3-4-15(16(10-14)29(31)32)23-7-8-24-18(30)26-12-13-2-5-17(25-11-13)28-9-1-6-27-28/h1-6,9-11,23H,7-8,12H2,(H2,24,26,30). The Morgan fingerprint density at radius 3 is 2.59 bits per heavy atom. The molecule has 0 fully saturated rings. The summed E-state index contributed by atoms with van der Waals surface area (Å²) in [4.78, 5) is 26.3. The number of nitrogens with one attached hydrogen (secondary N) is 3. The van der Waals surface area contributed by atoms with Crippen LogP contribution in [0.15, 0.2) is 55.0 Å². The van der Waals surface area contributed by atoms with Crippen LogP contribution < -0.4 is 16.0 Å². The molecule has 32 heavy (non-hydrogen) atoms. The summed E-state index contributed by atoms with van der Waals surface area (Å²) < 4.78 is 39.8. The number of rotatable bonds is 8. The summed E-state index contributed by atoms with van der Waals surface area (Å²) in [5, 5.41) is 23.0. The first kappa shape index (κ1) is 22.5. The van der Waals surface area contributed by atoms with E-state index in [2.05, 4.69) is 26.0 Å².